The summed E-state index contributed by atoms with van der Waals surface area (Å²) in [4.78, 5) is 52.8. The van der Waals surface area contributed by atoms with Crippen molar-refractivity contribution >= 4 is 29.6 Å². The maximum atomic E-state index is 13.4. The second-order valence-corrected chi connectivity index (χ2v) is 12.9. The van der Waals surface area contributed by atoms with Crippen LogP contribution in [0.25, 0.3) is 0 Å². The lowest BCUT2D eigenvalue weighted by molar-refractivity contribution is -0.133. The SMILES string of the molecule is CC(C)C(=O)[C@H](NC(=O)c1cccc(C2CCCN(C(=O)CN3CC4=NC=NCC4(C)C3)C2)c1)C1CCCCC1. The van der Waals surface area contributed by atoms with E-state index in [1.165, 1.54) is 6.42 Å². The summed E-state index contributed by atoms with van der Waals surface area (Å²) in [6.07, 6.45) is 9.01. The molecule has 0 bridgehead atoms. The predicted molar refractivity (Wildman–Crippen MR) is 158 cm³/mol. The summed E-state index contributed by atoms with van der Waals surface area (Å²) in [5.74, 6) is 0.404. The van der Waals surface area contributed by atoms with E-state index in [1.54, 1.807) is 6.34 Å². The van der Waals surface area contributed by atoms with E-state index in [-0.39, 0.29) is 40.8 Å². The van der Waals surface area contributed by atoms with E-state index in [4.69, 9.17) is 0 Å². The molecule has 0 spiro atoms. The minimum Gasteiger partial charge on any atom is -0.342 e. The Bertz CT molecular complexity index is 1170. The fourth-order valence-electron chi connectivity index (χ4n) is 7.02. The Balaban J connectivity index is 1.21. The first-order chi connectivity index (χ1) is 19.2. The Morgan fingerprint density at radius 2 is 1.90 bits per heavy atom. The number of Topliss-reactive ketones (excluding diaryl/α,β-unsaturated/α-hetero) is 1. The number of ketones is 1. The third kappa shape index (κ3) is 6.37. The molecule has 40 heavy (non-hydrogen) atoms. The van der Waals surface area contributed by atoms with Crippen LogP contribution in [0.1, 0.15) is 87.6 Å². The molecule has 3 fully saturated rings. The minimum absolute atomic E-state index is 0.0593. The maximum Gasteiger partial charge on any atom is 0.251 e. The van der Waals surface area contributed by atoms with Crippen molar-refractivity contribution in [1.82, 2.24) is 15.1 Å². The van der Waals surface area contributed by atoms with Gasteiger partial charge >= 0.3 is 0 Å². The molecule has 2 amide bonds. The molecule has 5 rings (SSSR count). The normalized spacial score (nSPS) is 26.4. The summed E-state index contributed by atoms with van der Waals surface area (Å²) in [6, 6.07) is 7.38. The van der Waals surface area contributed by atoms with E-state index in [1.807, 2.05) is 36.9 Å². The van der Waals surface area contributed by atoms with E-state index in [0.717, 1.165) is 76.0 Å². The van der Waals surface area contributed by atoms with Crippen LogP contribution in [0.4, 0.5) is 0 Å². The van der Waals surface area contributed by atoms with Crippen LogP contribution in [0.3, 0.4) is 0 Å². The molecule has 1 N–H and O–H groups in total. The molecule has 4 aliphatic rings. The summed E-state index contributed by atoms with van der Waals surface area (Å²) < 4.78 is 0. The summed E-state index contributed by atoms with van der Waals surface area (Å²) in [5, 5.41) is 3.13. The number of likely N-dealkylation sites (tertiary alicyclic amines) is 2. The Hall–Kier alpha value is -2.87. The Kier molecular flexibility index (Phi) is 8.83. The summed E-state index contributed by atoms with van der Waals surface area (Å²) >= 11 is 0. The van der Waals surface area contributed by atoms with Crippen molar-refractivity contribution in [3.63, 3.8) is 0 Å². The van der Waals surface area contributed by atoms with Crippen LogP contribution in [0, 0.1) is 17.3 Å². The zero-order valence-corrected chi connectivity index (χ0v) is 24.4. The average Bonchev–Trinajstić information content (AvgIpc) is 3.31. The molecule has 1 aromatic carbocycles. The van der Waals surface area contributed by atoms with Crippen molar-refractivity contribution < 1.29 is 14.4 Å². The first-order valence-corrected chi connectivity index (χ1v) is 15.2. The average molecular weight is 548 g/mol. The van der Waals surface area contributed by atoms with Crippen LogP contribution in [0.15, 0.2) is 34.3 Å². The highest BCUT2D eigenvalue weighted by Crippen LogP contribution is 2.32. The van der Waals surface area contributed by atoms with Crippen LogP contribution in [0.5, 0.6) is 0 Å². The van der Waals surface area contributed by atoms with E-state index < -0.39 is 6.04 Å². The van der Waals surface area contributed by atoms with Crippen LogP contribution >= 0.6 is 0 Å². The fraction of sp³-hybridized carbons (Fsp3) is 0.656. The molecule has 3 atom stereocenters. The molecule has 1 saturated carbocycles. The van der Waals surface area contributed by atoms with Gasteiger partial charge in [0.2, 0.25) is 5.91 Å². The molecule has 2 saturated heterocycles. The van der Waals surface area contributed by atoms with Crippen molar-refractivity contribution in [3.8, 4) is 0 Å². The van der Waals surface area contributed by atoms with Gasteiger partial charge in [-0.1, -0.05) is 52.2 Å². The van der Waals surface area contributed by atoms with Crippen molar-refractivity contribution in [1.29, 1.82) is 0 Å². The number of nitrogens with one attached hydrogen (secondary N) is 1. The number of piperidine rings is 1. The van der Waals surface area contributed by atoms with Gasteiger partial charge in [-0.3, -0.25) is 24.3 Å². The van der Waals surface area contributed by atoms with Crippen molar-refractivity contribution in [2.24, 2.45) is 27.2 Å². The molecule has 2 unspecified atom stereocenters. The standard InChI is InChI=1S/C32H45N5O3/c1-22(2)30(39)29(23-9-5-4-6-10-23)35-31(40)25-12-7-11-24(15-25)26-13-8-14-37(16-26)28(38)18-36-17-27-32(3,20-36)19-33-21-34-27/h7,11-12,15,21-23,26,29H,4-6,8-10,13-14,16-20H2,1-3H3,(H,35,40)/t26?,29-,32?/m1/s1. The number of amides is 2. The lowest BCUT2D eigenvalue weighted by Crippen LogP contribution is -2.48. The van der Waals surface area contributed by atoms with Crippen LogP contribution in [0.2, 0.25) is 0 Å². The van der Waals surface area contributed by atoms with Gasteiger partial charge in [-0.2, -0.15) is 0 Å². The van der Waals surface area contributed by atoms with E-state index in [0.29, 0.717) is 18.7 Å². The van der Waals surface area contributed by atoms with Gasteiger partial charge in [-0.25, -0.2) is 4.99 Å². The van der Waals surface area contributed by atoms with E-state index >= 15 is 0 Å². The van der Waals surface area contributed by atoms with Crippen LogP contribution < -0.4 is 5.32 Å². The van der Waals surface area contributed by atoms with Gasteiger partial charge in [-0.05, 0) is 49.3 Å². The van der Waals surface area contributed by atoms with Gasteiger partial charge < -0.3 is 10.2 Å². The highest BCUT2D eigenvalue weighted by atomic mass is 16.2. The molecule has 3 heterocycles. The number of carbonyl (C=O) groups excluding carboxylic acids is 3. The van der Waals surface area contributed by atoms with E-state index in [2.05, 4.69) is 33.2 Å². The lowest BCUT2D eigenvalue weighted by atomic mass is 9.80. The second-order valence-electron chi connectivity index (χ2n) is 12.9. The van der Waals surface area contributed by atoms with Crippen molar-refractivity contribution in [3.05, 3.63) is 35.4 Å². The summed E-state index contributed by atoms with van der Waals surface area (Å²) in [7, 11) is 0. The highest BCUT2D eigenvalue weighted by Gasteiger charge is 2.41. The van der Waals surface area contributed by atoms with Crippen LogP contribution in [-0.2, 0) is 9.59 Å². The molecule has 0 aromatic heterocycles. The third-order valence-corrected chi connectivity index (χ3v) is 9.41. The summed E-state index contributed by atoms with van der Waals surface area (Å²) in [5.41, 5.74) is 2.74. The van der Waals surface area contributed by atoms with Gasteiger partial charge in [-0.15, -0.1) is 0 Å². The highest BCUT2D eigenvalue weighted by molar-refractivity contribution is 6.00. The van der Waals surface area contributed by atoms with Gasteiger partial charge in [0.25, 0.3) is 5.91 Å². The molecular formula is C32H45N5O3. The van der Waals surface area contributed by atoms with Crippen molar-refractivity contribution in [2.75, 3.05) is 39.3 Å². The molecule has 216 valence electrons. The van der Waals surface area contributed by atoms with Crippen molar-refractivity contribution in [2.45, 2.75) is 77.7 Å². The molecule has 3 aliphatic heterocycles. The topological polar surface area (TPSA) is 94.4 Å². The number of hydrogen-bond donors (Lipinski definition) is 1. The number of nitrogens with zero attached hydrogens (tertiary/aromatic N) is 4. The number of benzene rings is 1. The first kappa shape index (κ1) is 28.7. The molecular weight excluding hydrogens is 502 g/mol. The number of aliphatic imine (C=N–C) groups is 2. The van der Waals surface area contributed by atoms with Gasteiger partial charge in [0.15, 0.2) is 5.78 Å². The summed E-state index contributed by atoms with van der Waals surface area (Å²) in [6.45, 7) is 10.1. The quantitative estimate of drug-likeness (QED) is 0.530. The smallest absolute Gasteiger partial charge is 0.251 e. The minimum atomic E-state index is -0.423. The first-order valence-electron chi connectivity index (χ1n) is 15.2. The fourth-order valence-corrected chi connectivity index (χ4v) is 7.02. The van der Waals surface area contributed by atoms with Gasteiger partial charge in [0.1, 0.15) is 6.34 Å². The zero-order chi connectivity index (χ0) is 28.3. The zero-order valence-electron chi connectivity index (χ0n) is 24.4. The molecule has 0 radical (unpaired) electrons. The second kappa shape index (κ2) is 12.3. The third-order valence-electron chi connectivity index (χ3n) is 9.41. The molecule has 1 aliphatic carbocycles. The van der Waals surface area contributed by atoms with Crippen LogP contribution in [-0.4, -0.2) is 84.8 Å². The maximum absolute atomic E-state index is 13.4. The van der Waals surface area contributed by atoms with Gasteiger partial charge in [0.05, 0.1) is 19.1 Å². The molecule has 8 nitrogen and oxygen atoms in total. The molecule has 8 heteroatoms. The number of fused-ring (bicyclic) bond motifs is 1. The Morgan fingerprint density at radius 3 is 2.65 bits per heavy atom. The molecule has 1 aromatic rings. The monoisotopic (exact) mass is 547 g/mol. The van der Waals surface area contributed by atoms with E-state index in [9.17, 15) is 14.4 Å². The lowest BCUT2D eigenvalue weighted by Gasteiger charge is -2.34. The van der Waals surface area contributed by atoms with Gasteiger partial charge in [0, 0.05) is 54.7 Å². The predicted octanol–water partition coefficient (Wildman–Crippen LogP) is 4.10. The number of rotatable bonds is 8. The largest absolute Gasteiger partial charge is 0.342 e. The number of carbonyl (C=O) groups is 3. The Labute approximate surface area is 238 Å². The Morgan fingerprint density at radius 1 is 1.10 bits per heavy atom. The number of hydrogen-bond acceptors (Lipinski definition) is 6.